The third kappa shape index (κ3) is 14.5. The van der Waals surface area contributed by atoms with Crippen LogP contribution in [-0.2, 0) is 5.41 Å². The van der Waals surface area contributed by atoms with Gasteiger partial charge in [-0.3, -0.25) is 0 Å². The molecule has 9 heteroatoms. The van der Waals surface area contributed by atoms with Gasteiger partial charge in [-0.25, -0.2) is 29.9 Å². The Morgan fingerprint density at radius 1 is 0.191 bits per heavy atom. The Labute approximate surface area is 786 Å². The number of fused-ring (bicyclic) bond motifs is 9. The smallest absolute Gasteiger partial charge is 0.164 e. The first kappa shape index (κ1) is 80.2. The number of hydrogen-bond donors (Lipinski definition) is 0. The van der Waals surface area contributed by atoms with E-state index in [9.17, 15) is 0 Å². The Kier molecular flexibility index (Phi) is 19.9. The monoisotopic (exact) mass is 1740 g/mol. The molecule has 9 nitrogen and oxygen atoms in total. The van der Waals surface area contributed by atoms with Crippen molar-refractivity contribution in [1.29, 1.82) is 0 Å². The largest absolute Gasteiger partial charge is 0.459 e. The molecular formula is C127H82N6O3. The van der Waals surface area contributed by atoms with Crippen molar-refractivity contribution >= 4 is 60.9 Å². The fraction of sp³-hybridized carbons (Fsp3) is 0.0236. The molecule has 0 spiro atoms. The lowest BCUT2D eigenvalue weighted by Crippen LogP contribution is -2.24. The molecule has 5 heterocycles. The molecule has 0 saturated carbocycles. The Morgan fingerprint density at radius 2 is 0.434 bits per heavy atom. The fourth-order valence-electron chi connectivity index (χ4n) is 20.2. The van der Waals surface area contributed by atoms with Crippen molar-refractivity contribution < 1.29 is 13.3 Å². The molecule has 0 fully saturated rings. The van der Waals surface area contributed by atoms with E-state index in [0.29, 0.717) is 41.4 Å². The maximum Gasteiger partial charge on any atom is 0.164 e. The Balaban J connectivity index is 0.590. The van der Waals surface area contributed by atoms with Gasteiger partial charge in [0.1, 0.15) is 33.7 Å². The van der Waals surface area contributed by atoms with Crippen LogP contribution in [0.5, 0.6) is 0 Å². The molecule has 0 radical (unpaired) electrons. The van der Waals surface area contributed by atoms with Gasteiger partial charge in [-0.05, 0) is 202 Å². The second-order valence-electron chi connectivity index (χ2n) is 35.2. The molecule has 638 valence electrons. The van der Waals surface area contributed by atoms with E-state index in [1.807, 2.05) is 48.5 Å². The maximum absolute atomic E-state index is 7.39. The predicted molar refractivity (Wildman–Crippen MR) is 556 cm³/mol. The van der Waals surface area contributed by atoms with Gasteiger partial charge in [0, 0.05) is 65.9 Å². The number of allylic oxidation sites excluding steroid dienone is 1. The molecule has 1 aliphatic rings. The van der Waals surface area contributed by atoms with Crippen LogP contribution >= 0.6 is 0 Å². The van der Waals surface area contributed by atoms with Gasteiger partial charge in [-0.2, -0.15) is 0 Å². The first-order valence-electron chi connectivity index (χ1n) is 46.1. The lowest BCUT2D eigenvalue weighted by molar-refractivity contribution is 0.425. The van der Waals surface area contributed by atoms with Crippen LogP contribution < -0.4 is 0 Å². The van der Waals surface area contributed by atoms with Crippen LogP contribution in [0, 0.1) is 0 Å². The lowest BCUT2D eigenvalue weighted by atomic mass is 9.72. The average molecular weight is 1740 g/mol. The second-order valence-corrected chi connectivity index (χ2v) is 35.2. The Hall–Kier alpha value is -17.9. The summed E-state index contributed by atoms with van der Waals surface area (Å²) in [4.78, 5) is 32.1. The van der Waals surface area contributed by atoms with Crippen molar-refractivity contribution in [2.75, 3.05) is 0 Å². The topological polar surface area (TPSA) is 117 Å². The molecule has 136 heavy (non-hydrogen) atoms. The maximum atomic E-state index is 7.39. The van der Waals surface area contributed by atoms with Crippen molar-refractivity contribution in [3.05, 3.63) is 478 Å². The lowest BCUT2D eigenvalue weighted by Gasteiger charge is -2.30. The molecule has 24 aromatic rings. The van der Waals surface area contributed by atoms with Gasteiger partial charge in [-0.15, -0.1) is 0 Å². The van der Waals surface area contributed by atoms with Crippen LogP contribution in [0.2, 0.25) is 0 Å². The summed E-state index contributed by atoms with van der Waals surface area (Å²) in [6, 6.07) is 161. The van der Waals surface area contributed by atoms with E-state index in [1.165, 1.54) is 5.56 Å². The molecule has 0 aliphatic heterocycles. The van der Waals surface area contributed by atoms with Crippen molar-refractivity contribution in [3.8, 4) is 191 Å². The van der Waals surface area contributed by atoms with Crippen LogP contribution in [-0.4, -0.2) is 29.9 Å². The summed E-state index contributed by atoms with van der Waals surface area (Å²) in [5.74, 6) is 4.09. The normalized spacial score (nSPS) is 13.0. The zero-order chi connectivity index (χ0) is 90.2. The Morgan fingerprint density at radius 3 is 0.794 bits per heavy atom. The molecule has 5 aromatic heterocycles. The van der Waals surface area contributed by atoms with Crippen LogP contribution in [0.25, 0.3) is 252 Å². The number of aromatic nitrogens is 6. The van der Waals surface area contributed by atoms with Gasteiger partial charge in [-0.1, -0.05) is 406 Å². The van der Waals surface area contributed by atoms with Crippen molar-refractivity contribution in [1.82, 2.24) is 29.9 Å². The van der Waals surface area contributed by atoms with E-state index >= 15 is 0 Å². The molecule has 1 unspecified atom stereocenters. The van der Waals surface area contributed by atoms with Gasteiger partial charge in [0.05, 0.1) is 5.41 Å². The minimum Gasteiger partial charge on any atom is -0.459 e. The standard InChI is InChI=1S/C127H82N6O3/c1-127(98-69-64-91(65-70-98)117-106(83-35-14-4-15-36-83)79-108(116(88-41-20-7-21-42-88)119(117)90-45-24-9-25-46-90)85-54-60-93(61-55-85)122-128-121(92-58-52-81(53-59-92)80-31-10-2-11-32-80)129-124(130-122)95-66-71-101-99-47-26-28-50-109(99)134-111(101)75-95)74-30-49-104-103-73-68-97(77-113(103)136-120(104)127)126-132-123(131-125(133-126)96-67-72-102-100-48-27-29-51-110(100)135-112(102)76-96)94-62-56-84(57-63-94)107-78-105(82-33-12-3-13-34-82)114(86-37-16-5-17-38-86)118(89-43-22-8-23-44-89)115(107)87-39-18-6-19-40-87/h2-73,75-79H,74H2,1H3. The number of para-hydroxylation sites is 2. The number of nitrogens with zero attached hydrogens (tertiary/aromatic N) is 6. The zero-order valence-electron chi connectivity index (χ0n) is 74.1. The van der Waals surface area contributed by atoms with Crippen molar-refractivity contribution in [3.63, 3.8) is 0 Å². The molecule has 0 saturated heterocycles. The van der Waals surface area contributed by atoms with Crippen LogP contribution in [0.4, 0.5) is 0 Å². The van der Waals surface area contributed by atoms with E-state index in [0.717, 1.165) is 222 Å². The molecule has 25 rings (SSSR count). The number of rotatable bonds is 18. The SMILES string of the molecule is CC1(c2ccc(-c3c(-c4ccccc4)cc(-c4ccc(-c5nc(-c6ccc(-c7ccccc7)cc6)nc(-c6ccc7c(c6)oc6ccccc67)n5)cc4)c(-c4ccccc4)c3-c3ccccc3)cc2)CC=Cc2c1oc1cc(-c3nc(-c4ccc(-c5cc(-c6ccccc6)c(-c6ccccc6)c(-c6ccccc6)c5-c5ccccc5)cc4)nc(-c4ccc5c(c4)oc4ccccc45)n3)ccc21. The number of benzene rings is 19. The highest BCUT2D eigenvalue weighted by Gasteiger charge is 2.38. The van der Waals surface area contributed by atoms with Crippen LogP contribution in [0.3, 0.4) is 0 Å². The molecule has 1 atom stereocenters. The highest BCUT2D eigenvalue weighted by atomic mass is 16.3. The summed E-state index contributed by atoms with van der Waals surface area (Å²) >= 11 is 0. The minimum absolute atomic E-state index is 0.504. The molecule has 0 N–H and O–H groups in total. The zero-order valence-corrected chi connectivity index (χ0v) is 74.1. The average Bonchev–Trinajstić information content (AvgIpc) is 1.56. The third-order valence-corrected chi connectivity index (χ3v) is 26.9. The molecule has 0 amide bonds. The van der Waals surface area contributed by atoms with E-state index in [2.05, 4.69) is 426 Å². The predicted octanol–water partition coefficient (Wildman–Crippen LogP) is 33.7. The van der Waals surface area contributed by atoms with Gasteiger partial charge in [0.25, 0.3) is 0 Å². The molecule has 0 bridgehead atoms. The third-order valence-electron chi connectivity index (χ3n) is 26.9. The van der Waals surface area contributed by atoms with E-state index in [1.54, 1.807) is 0 Å². The summed E-state index contributed by atoms with van der Waals surface area (Å²) < 4.78 is 20.4. The van der Waals surface area contributed by atoms with E-state index in [4.69, 9.17) is 43.2 Å². The highest BCUT2D eigenvalue weighted by Crippen LogP contribution is 2.55. The summed E-state index contributed by atoms with van der Waals surface area (Å²) in [6.07, 6.45) is 5.24. The van der Waals surface area contributed by atoms with Crippen molar-refractivity contribution in [2.24, 2.45) is 0 Å². The summed E-state index contributed by atoms with van der Waals surface area (Å²) in [5.41, 5.74) is 34.8. The number of hydrogen-bond acceptors (Lipinski definition) is 9. The van der Waals surface area contributed by atoms with Gasteiger partial charge >= 0.3 is 0 Å². The van der Waals surface area contributed by atoms with Gasteiger partial charge in [0.2, 0.25) is 0 Å². The van der Waals surface area contributed by atoms with Gasteiger partial charge in [0.15, 0.2) is 34.9 Å². The molecule has 19 aromatic carbocycles. The van der Waals surface area contributed by atoms with Crippen molar-refractivity contribution in [2.45, 2.75) is 18.8 Å². The number of furan rings is 3. The second kappa shape index (κ2) is 33.8. The van der Waals surface area contributed by atoms with E-state index < -0.39 is 5.41 Å². The Bertz CT molecular complexity index is 8730. The van der Waals surface area contributed by atoms with Crippen LogP contribution in [0.1, 0.15) is 30.2 Å². The van der Waals surface area contributed by atoms with Gasteiger partial charge < -0.3 is 13.3 Å². The quantitative estimate of drug-likeness (QED) is 0.0828. The summed E-state index contributed by atoms with van der Waals surface area (Å²) in [6.45, 7) is 2.32. The highest BCUT2D eigenvalue weighted by molar-refractivity contribution is 6.11. The minimum atomic E-state index is -0.577. The molecule has 1 aliphatic carbocycles. The first-order valence-corrected chi connectivity index (χ1v) is 46.1. The van der Waals surface area contributed by atoms with Crippen LogP contribution in [0.15, 0.2) is 474 Å². The summed E-state index contributed by atoms with van der Waals surface area (Å²) in [5, 5.41) is 5.16. The summed E-state index contributed by atoms with van der Waals surface area (Å²) in [7, 11) is 0. The molecular weight excluding hydrogens is 1660 g/mol. The fourth-order valence-corrected chi connectivity index (χ4v) is 20.2. The van der Waals surface area contributed by atoms with E-state index in [-0.39, 0.29) is 0 Å². The first-order chi connectivity index (χ1) is 67.2.